The van der Waals surface area contributed by atoms with Gasteiger partial charge in [-0.1, -0.05) is 44.2 Å². The molecule has 0 saturated heterocycles. The number of nitrogens with two attached hydrogens (primary N) is 1. The summed E-state index contributed by atoms with van der Waals surface area (Å²) in [4.78, 5) is 7.81. The van der Waals surface area contributed by atoms with Gasteiger partial charge < -0.3 is 10.7 Å². The van der Waals surface area contributed by atoms with Crippen LogP contribution in [0.2, 0.25) is 0 Å². The van der Waals surface area contributed by atoms with Crippen LogP contribution in [0, 0.1) is 0 Å². The quantitative estimate of drug-likeness (QED) is 0.867. The number of nitrogens with zero attached hydrogens (tertiary/aromatic N) is 1. The summed E-state index contributed by atoms with van der Waals surface area (Å²) < 4.78 is 0. The molecule has 0 radical (unpaired) electrons. The van der Waals surface area contributed by atoms with E-state index in [1.165, 1.54) is 5.56 Å². The van der Waals surface area contributed by atoms with Gasteiger partial charge in [0, 0.05) is 17.7 Å². The molecule has 0 saturated carbocycles. The summed E-state index contributed by atoms with van der Waals surface area (Å²) in [5.41, 5.74) is 8.14. The second kappa shape index (κ2) is 4.94. The summed E-state index contributed by atoms with van der Waals surface area (Å²) in [5.74, 6) is 0.999. The van der Waals surface area contributed by atoms with Crippen LogP contribution in [0.3, 0.4) is 0 Å². The molecular formula is C15H21N3. The number of hydrogen-bond donors (Lipinski definition) is 2. The van der Waals surface area contributed by atoms with Crippen LogP contribution in [0.4, 0.5) is 0 Å². The van der Waals surface area contributed by atoms with Gasteiger partial charge in [0.15, 0.2) is 0 Å². The van der Waals surface area contributed by atoms with Gasteiger partial charge in [-0.05, 0) is 18.9 Å². The van der Waals surface area contributed by atoms with Gasteiger partial charge in [0.2, 0.25) is 0 Å². The molecule has 0 spiro atoms. The fraction of sp³-hybridized carbons (Fsp3) is 0.400. The Hall–Kier alpha value is -1.61. The van der Waals surface area contributed by atoms with Crippen LogP contribution in [-0.4, -0.2) is 9.97 Å². The maximum absolute atomic E-state index is 5.85. The lowest BCUT2D eigenvalue weighted by Gasteiger charge is -2.22. The first-order valence-electron chi connectivity index (χ1n) is 6.34. The van der Waals surface area contributed by atoms with Crippen LogP contribution in [0.25, 0.3) is 0 Å². The van der Waals surface area contributed by atoms with Gasteiger partial charge in [-0.15, -0.1) is 0 Å². The van der Waals surface area contributed by atoms with Crippen LogP contribution in [0.5, 0.6) is 0 Å². The van der Waals surface area contributed by atoms with E-state index < -0.39 is 0 Å². The molecule has 3 nitrogen and oxygen atoms in total. The van der Waals surface area contributed by atoms with Crippen molar-refractivity contribution >= 4 is 0 Å². The molecule has 1 aromatic carbocycles. The van der Waals surface area contributed by atoms with Crippen LogP contribution < -0.4 is 5.73 Å². The molecule has 1 aromatic heterocycles. The molecule has 96 valence electrons. The monoisotopic (exact) mass is 243 g/mol. The van der Waals surface area contributed by atoms with Gasteiger partial charge >= 0.3 is 0 Å². The third-order valence-corrected chi connectivity index (χ3v) is 3.22. The Morgan fingerprint density at radius 3 is 2.50 bits per heavy atom. The number of nitrogens with one attached hydrogen (secondary N) is 1. The van der Waals surface area contributed by atoms with E-state index in [9.17, 15) is 0 Å². The summed E-state index contributed by atoms with van der Waals surface area (Å²) >= 11 is 0. The highest BCUT2D eigenvalue weighted by molar-refractivity contribution is 5.21. The highest BCUT2D eigenvalue weighted by Gasteiger charge is 2.24. The standard InChI is InChI=1S/C15H21N3/c1-11(16)13-10-17-14(18-13)15(2,3)9-12-7-5-4-6-8-12/h4-8,10-11H,9,16H2,1-3H3,(H,17,18). The molecule has 1 heterocycles. The Balaban J connectivity index is 2.19. The molecule has 0 aliphatic rings. The van der Waals surface area contributed by atoms with Crippen molar-refractivity contribution in [1.82, 2.24) is 9.97 Å². The molecule has 1 atom stereocenters. The number of hydrogen-bond acceptors (Lipinski definition) is 2. The minimum Gasteiger partial charge on any atom is -0.344 e. The largest absolute Gasteiger partial charge is 0.344 e. The van der Waals surface area contributed by atoms with E-state index in [0.29, 0.717) is 0 Å². The van der Waals surface area contributed by atoms with Crippen molar-refractivity contribution in [1.29, 1.82) is 0 Å². The maximum atomic E-state index is 5.85. The molecule has 0 aliphatic heterocycles. The first-order valence-corrected chi connectivity index (χ1v) is 6.34. The van der Waals surface area contributed by atoms with Gasteiger partial charge in [0.1, 0.15) is 5.82 Å². The Morgan fingerprint density at radius 2 is 1.94 bits per heavy atom. The van der Waals surface area contributed by atoms with Crippen LogP contribution in [0.1, 0.15) is 43.9 Å². The lowest BCUT2D eigenvalue weighted by Crippen LogP contribution is -2.22. The van der Waals surface area contributed by atoms with Crippen molar-refractivity contribution in [2.24, 2.45) is 5.73 Å². The molecule has 0 fully saturated rings. The lowest BCUT2D eigenvalue weighted by molar-refractivity contribution is 0.490. The average Bonchev–Trinajstić information content (AvgIpc) is 2.79. The van der Waals surface area contributed by atoms with Gasteiger partial charge in [0.25, 0.3) is 0 Å². The summed E-state index contributed by atoms with van der Waals surface area (Å²) in [7, 11) is 0. The number of imidazole rings is 1. The normalized spacial score (nSPS) is 13.6. The van der Waals surface area contributed by atoms with Crippen molar-refractivity contribution in [3.05, 3.63) is 53.6 Å². The molecule has 3 heteroatoms. The van der Waals surface area contributed by atoms with Crippen molar-refractivity contribution in [3.63, 3.8) is 0 Å². The number of H-pyrrole nitrogens is 1. The van der Waals surface area contributed by atoms with Gasteiger partial charge in [-0.2, -0.15) is 0 Å². The first kappa shape index (κ1) is 12.8. The molecule has 18 heavy (non-hydrogen) atoms. The van der Waals surface area contributed by atoms with Crippen molar-refractivity contribution < 1.29 is 0 Å². The topological polar surface area (TPSA) is 54.7 Å². The first-order chi connectivity index (χ1) is 8.49. The molecule has 0 aliphatic carbocycles. The number of benzene rings is 1. The Labute approximate surface area is 108 Å². The van der Waals surface area contributed by atoms with Crippen molar-refractivity contribution in [2.45, 2.75) is 38.6 Å². The maximum Gasteiger partial charge on any atom is 0.112 e. The molecular weight excluding hydrogens is 222 g/mol. The Morgan fingerprint density at radius 1 is 1.28 bits per heavy atom. The predicted octanol–water partition coefficient (Wildman–Crippen LogP) is 2.95. The smallest absolute Gasteiger partial charge is 0.112 e. The van der Waals surface area contributed by atoms with Gasteiger partial charge in [-0.3, -0.25) is 0 Å². The van der Waals surface area contributed by atoms with Crippen molar-refractivity contribution in [2.75, 3.05) is 0 Å². The van der Waals surface area contributed by atoms with Gasteiger partial charge in [0.05, 0.1) is 5.69 Å². The highest BCUT2D eigenvalue weighted by atomic mass is 15.0. The number of rotatable bonds is 4. The van der Waals surface area contributed by atoms with E-state index in [2.05, 4.69) is 48.1 Å². The number of aromatic nitrogens is 2. The van der Waals surface area contributed by atoms with E-state index in [1.807, 2.05) is 19.2 Å². The van der Waals surface area contributed by atoms with Crippen molar-refractivity contribution in [3.8, 4) is 0 Å². The van der Waals surface area contributed by atoms with E-state index in [0.717, 1.165) is 17.9 Å². The SMILES string of the molecule is CC(N)c1cnc(C(C)(C)Cc2ccccc2)[nH]1. The second-order valence-corrected chi connectivity index (χ2v) is 5.52. The third-order valence-electron chi connectivity index (χ3n) is 3.22. The van der Waals surface area contributed by atoms with E-state index in [4.69, 9.17) is 5.73 Å². The minimum atomic E-state index is -0.0194. The molecule has 1 unspecified atom stereocenters. The summed E-state index contributed by atoms with van der Waals surface area (Å²) in [6.07, 6.45) is 2.80. The molecule has 0 bridgehead atoms. The fourth-order valence-corrected chi connectivity index (χ4v) is 2.10. The van der Waals surface area contributed by atoms with Gasteiger partial charge in [-0.25, -0.2) is 4.98 Å². The highest BCUT2D eigenvalue weighted by Crippen LogP contribution is 2.25. The van der Waals surface area contributed by atoms with E-state index in [-0.39, 0.29) is 11.5 Å². The second-order valence-electron chi connectivity index (χ2n) is 5.52. The lowest BCUT2D eigenvalue weighted by atomic mass is 9.85. The Bertz CT molecular complexity index is 497. The van der Waals surface area contributed by atoms with E-state index >= 15 is 0 Å². The minimum absolute atomic E-state index is 0.00113. The van der Waals surface area contributed by atoms with Crippen LogP contribution in [0.15, 0.2) is 36.5 Å². The molecule has 2 aromatic rings. The average molecular weight is 243 g/mol. The third kappa shape index (κ3) is 2.79. The molecule has 3 N–H and O–H groups in total. The zero-order valence-corrected chi connectivity index (χ0v) is 11.3. The molecule has 0 amide bonds. The number of aromatic amines is 1. The van der Waals surface area contributed by atoms with Crippen LogP contribution >= 0.6 is 0 Å². The Kier molecular flexibility index (Phi) is 3.53. The zero-order chi connectivity index (χ0) is 13.2. The summed E-state index contributed by atoms with van der Waals surface area (Å²) in [6, 6.07) is 10.5. The van der Waals surface area contributed by atoms with Crippen LogP contribution in [-0.2, 0) is 11.8 Å². The predicted molar refractivity (Wildman–Crippen MR) is 74.4 cm³/mol. The zero-order valence-electron chi connectivity index (χ0n) is 11.3. The van der Waals surface area contributed by atoms with E-state index in [1.54, 1.807) is 0 Å². The summed E-state index contributed by atoms with van der Waals surface area (Å²) in [6.45, 7) is 6.36. The fourth-order valence-electron chi connectivity index (χ4n) is 2.10. The molecule has 2 rings (SSSR count). The summed E-state index contributed by atoms with van der Waals surface area (Å²) in [5, 5.41) is 0.